The van der Waals surface area contributed by atoms with Crippen LogP contribution in [0.1, 0.15) is 22.8 Å². The number of H-pyrrole nitrogens is 1. The van der Waals surface area contributed by atoms with Crippen LogP contribution in [0, 0.1) is 0 Å². The number of aromatic nitrogens is 1. The zero-order valence-corrected chi connectivity index (χ0v) is 11.2. The number of benzene rings is 2. The van der Waals surface area contributed by atoms with E-state index in [4.69, 9.17) is 4.74 Å². The molecule has 0 spiro atoms. The third kappa shape index (κ3) is 2.43. The minimum atomic E-state index is 0.0523. The Bertz CT molecular complexity index is 744. The van der Waals surface area contributed by atoms with Gasteiger partial charge in [0.25, 0.3) is 0 Å². The van der Waals surface area contributed by atoms with Crippen molar-refractivity contribution in [3.05, 3.63) is 65.9 Å². The van der Waals surface area contributed by atoms with Crippen molar-refractivity contribution in [3.63, 3.8) is 0 Å². The van der Waals surface area contributed by atoms with E-state index in [-0.39, 0.29) is 5.78 Å². The van der Waals surface area contributed by atoms with Crippen molar-refractivity contribution in [2.45, 2.75) is 13.5 Å². The van der Waals surface area contributed by atoms with Crippen LogP contribution in [0.3, 0.4) is 0 Å². The fourth-order valence-electron chi connectivity index (χ4n) is 2.22. The molecule has 0 radical (unpaired) electrons. The number of nitrogens with one attached hydrogen (secondary N) is 1. The molecule has 1 aromatic heterocycles. The zero-order chi connectivity index (χ0) is 13.9. The molecule has 0 aliphatic rings. The van der Waals surface area contributed by atoms with E-state index in [2.05, 4.69) is 4.98 Å². The van der Waals surface area contributed by atoms with Crippen LogP contribution in [0.2, 0.25) is 0 Å². The minimum absolute atomic E-state index is 0.0523. The molecule has 0 saturated carbocycles. The fourth-order valence-corrected chi connectivity index (χ4v) is 2.22. The van der Waals surface area contributed by atoms with Gasteiger partial charge in [0.15, 0.2) is 5.78 Å². The highest BCUT2D eigenvalue weighted by atomic mass is 16.5. The number of hydrogen-bond donors (Lipinski definition) is 1. The highest BCUT2D eigenvalue weighted by Gasteiger charge is 2.08. The fraction of sp³-hybridized carbons (Fsp3) is 0.118. The van der Waals surface area contributed by atoms with Gasteiger partial charge in [-0.15, -0.1) is 0 Å². The molecule has 0 unspecified atom stereocenters. The van der Waals surface area contributed by atoms with E-state index in [0.29, 0.717) is 12.2 Å². The summed E-state index contributed by atoms with van der Waals surface area (Å²) in [5, 5.41) is 0.906. The normalized spacial score (nSPS) is 10.7. The predicted molar refractivity (Wildman–Crippen MR) is 79.1 cm³/mol. The van der Waals surface area contributed by atoms with Crippen LogP contribution >= 0.6 is 0 Å². The Kier molecular flexibility index (Phi) is 3.25. The molecule has 3 heteroatoms. The number of rotatable bonds is 4. The summed E-state index contributed by atoms with van der Waals surface area (Å²) in [6.45, 7) is 2.09. The largest absolute Gasteiger partial charge is 0.489 e. The summed E-state index contributed by atoms with van der Waals surface area (Å²) < 4.78 is 5.78. The molecule has 1 N–H and O–H groups in total. The summed E-state index contributed by atoms with van der Waals surface area (Å²) in [5.74, 6) is 0.819. The van der Waals surface area contributed by atoms with Gasteiger partial charge in [0.2, 0.25) is 0 Å². The summed E-state index contributed by atoms with van der Waals surface area (Å²) in [4.78, 5) is 14.6. The quantitative estimate of drug-likeness (QED) is 0.726. The number of aromatic amines is 1. The Hall–Kier alpha value is -2.55. The van der Waals surface area contributed by atoms with Crippen molar-refractivity contribution in [2.24, 2.45) is 0 Å². The van der Waals surface area contributed by atoms with E-state index in [9.17, 15) is 4.79 Å². The summed E-state index contributed by atoms with van der Waals surface area (Å²) >= 11 is 0. The number of carbonyl (C=O) groups is 1. The number of Topliss-reactive ketones (excluding diaryl/α,β-unsaturated/α-hetero) is 1. The van der Waals surface area contributed by atoms with Crippen molar-refractivity contribution in [3.8, 4) is 5.75 Å². The molecule has 20 heavy (non-hydrogen) atoms. The molecule has 0 fully saturated rings. The molecule has 0 aliphatic carbocycles. The van der Waals surface area contributed by atoms with Crippen molar-refractivity contribution >= 4 is 16.7 Å². The first-order valence-electron chi connectivity index (χ1n) is 6.53. The molecular weight excluding hydrogens is 250 g/mol. The Morgan fingerprint density at radius 2 is 1.95 bits per heavy atom. The smallest absolute Gasteiger partial charge is 0.161 e. The van der Waals surface area contributed by atoms with E-state index in [1.54, 1.807) is 13.1 Å². The van der Waals surface area contributed by atoms with Gasteiger partial charge < -0.3 is 9.72 Å². The first kappa shape index (κ1) is 12.5. The van der Waals surface area contributed by atoms with Crippen LogP contribution in [-0.2, 0) is 6.61 Å². The molecular formula is C17H15NO2. The molecule has 2 aromatic carbocycles. The molecule has 1 heterocycles. The van der Waals surface area contributed by atoms with Crippen LogP contribution in [0.4, 0.5) is 0 Å². The highest BCUT2D eigenvalue weighted by Crippen LogP contribution is 2.24. The van der Waals surface area contributed by atoms with E-state index < -0.39 is 0 Å². The van der Waals surface area contributed by atoms with Gasteiger partial charge in [-0.2, -0.15) is 0 Å². The van der Waals surface area contributed by atoms with Crippen LogP contribution < -0.4 is 4.74 Å². The summed E-state index contributed by atoms with van der Waals surface area (Å²) in [5.41, 5.74) is 2.76. The third-order valence-corrected chi connectivity index (χ3v) is 3.28. The standard InChI is InChI=1S/C17H15NO2/c1-12(19)16-10-18-17-8-7-14(9-15(16)17)20-11-13-5-3-2-4-6-13/h2-10,18H,11H2,1H3. The van der Waals surface area contributed by atoms with Gasteiger partial charge in [-0.25, -0.2) is 0 Å². The van der Waals surface area contributed by atoms with E-state index in [1.165, 1.54) is 0 Å². The first-order chi connectivity index (χ1) is 9.74. The average molecular weight is 265 g/mol. The number of fused-ring (bicyclic) bond motifs is 1. The highest BCUT2D eigenvalue weighted by molar-refractivity contribution is 6.07. The van der Waals surface area contributed by atoms with Crippen LogP contribution in [0.5, 0.6) is 5.75 Å². The van der Waals surface area contributed by atoms with Gasteiger partial charge in [0.05, 0.1) is 0 Å². The Morgan fingerprint density at radius 3 is 2.70 bits per heavy atom. The lowest BCUT2D eigenvalue weighted by molar-refractivity contribution is 0.101. The molecule has 0 atom stereocenters. The van der Waals surface area contributed by atoms with E-state index in [1.807, 2.05) is 48.5 Å². The molecule has 100 valence electrons. The number of ether oxygens (including phenoxy) is 1. The third-order valence-electron chi connectivity index (χ3n) is 3.28. The molecule has 3 aromatic rings. The van der Waals surface area contributed by atoms with Crippen molar-refractivity contribution < 1.29 is 9.53 Å². The minimum Gasteiger partial charge on any atom is -0.489 e. The van der Waals surface area contributed by atoms with Crippen molar-refractivity contribution in [1.82, 2.24) is 4.98 Å². The topological polar surface area (TPSA) is 42.1 Å². The predicted octanol–water partition coefficient (Wildman–Crippen LogP) is 3.95. The number of hydrogen-bond acceptors (Lipinski definition) is 2. The molecule has 3 nitrogen and oxygen atoms in total. The lowest BCUT2D eigenvalue weighted by Gasteiger charge is -2.06. The Labute approximate surface area is 117 Å². The second-order valence-corrected chi connectivity index (χ2v) is 4.74. The van der Waals surface area contributed by atoms with Crippen LogP contribution in [0.15, 0.2) is 54.7 Å². The zero-order valence-electron chi connectivity index (χ0n) is 11.2. The molecule has 0 bridgehead atoms. The first-order valence-corrected chi connectivity index (χ1v) is 6.53. The van der Waals surface area contributed by atoms with Gasteiger partial charge in [-0.1, -0.05) is 30.3 Å². The van der Waals surface area contributed by atoms with Gasteiger partial charge in [-0.05, 0) is 30.7 Å². The summed E-state index contributed by atoms with van der Waals surface area (Å²) in [6, 6.07) is 15.8. The lowest BCUT2D eigenvalue weighted by atomic mass is 10.1. The van der Waals surface area contributed by atoms with Gasteiger partial charge in [-0.3, -0.25) is 4.79 Å². The molecule has 0 amide bonds. The maximum Gasteiger partial charge on any atom is 0.161 e. The van der Waals surface area contributed by atoms with Crippen LogP contribution in [-0.4, -0.2) is 10.8 Å². The average Bonchev–Trinajstić information content (AvgIpc) is 2.89. The second kappa shape index (κ2) is 5.21. The monoisotopic (exact) mass is 265 g/mol. The summed E-state index contributed by atoms with van der Waals surface area (Å²) in [6.07, 6.45) is 1.74. The van der Waals surface area contributed by atoms with E-state index in [0.717, 1.165) is 22.2 Å². The summed E-state index contributed by atoms with van der Waals surface area (Å²) in [7, 11) is 0. The van der Waals surface area contributed by atoms with Gasteiger partial charge >= 0.3 is 0 Å². The van der Waals surface area contributed by atoms with Gasteiger partial charge in [0.1, 0.15) is 12.4 Å². The Balaban J connectivity index is 1.85. The molecule has 0 saturated heterocycles. The van der Waals surface area contributed by atoms with Crippen molar-refractivity contribution in [1.29, 1.82) is 0 Å². The maximum absolute atomic E-state index is 11.6. The van der Waals surface area contributed by atoms with Crippen molar-refractivity contribution in [2.75, 3.05) is 0 Å². The Morgan fingerprint density at radius 1 is 1.15 bits per heavy atom. The van der Waals surface area contributed by atoms with E-state index >= 15 is 0 Å². The number of carbonyl (C=O) groups excluding carboxylic acids is 1. The van der Waals surface area contributed by atoms with Crippen LogP contribution in [0.25, 0.3) is 10.9 Å². The maximum atomic E-state index is 11.6. The number of ketones is 1. The lowest BCUT2D eigenvalue weighted by Crippen LogP contribution is -1.95. The van der Waals surface area contributed by atoms with Gasteiger partial charge in [0, 0.05) is 22.7 Å². The molecule has 0 aliphatic heterocycles. The molecule has 3 rings (SSSR count). The second-order valence-electron chi connectivity index (χ2n) is 4.74. The SMILES string of the molecule is CC(=O)c1c[nH]c2ccc(OCc3ccccc3)cc12.